The van der Waals surface area contributed by atoms with Crippen molar-refractivity contribution in [2.24, 2.45) is 0 Å². The van der Waals surface area contributed by atoms with E-state index in [4.69, 9.17) is 4.74 Å². The van der Waals surface area contributed by atoms with Gasteiger partial charge in [0, 0.05) is 31.7 Å². The van der Waals surface area contributed by atoms with E-state index in [1.807, 2.05) is 0 Å². The van der Waals surface area contributed by atoms with E-state index in [2.05, 4.69) is 31.0 Å². The fourth-order valence-corrected chi connectivity index (χ4v) is 3.03. The molecule has 17 heavy (non-hydrogen) atoms. The Hall–Kier alpha value is -0.120. The maximum atomic E-state index is 5.76. The number of nitrogens with zero attached hydrogens (tertiary/aromatic N) is 1. The lowest BCUT2D eigenvalue weighted by Crippen LogP contribution is -2.54. The minimum Gasteiger partial charge on any atom is -0.373 e. The summed E-state index contributed by atoms with van der Waals surface area (Å²) in [5, 5.41) is 3.72. The number of hydrogen-bond donors (Lipinski definition) is 1. The van der Waals surface area contributed by atoms with Crippen molar-refractivity contribution in [2.45, 2.75) is 64.1 Å². The van der Waals surface area contributed by atoms with E-state index in [0.717, 1.165) is 32.3 Å². The molecule has 0 spiro atoms. The normalized spacial score (nSPS) is 28.4. The van der Waals surface area contributed by atoms with Gasteiger partial charge in [-0.05, 0) is 33.6 Å². The average molecular weight is 240 g/mol. The Balaban J connectivity index is 1.72. The van der Waals surface area contributed by atoms with E-state index in [1.54, 1.807) is 0 Å². The van der Waals surface area contributed by atoms with Crippen molar-refractivity contribution in [3.63, 3.8) is 0 Å². The highest BCUT2D eigenvalue weighted by molar-refractivity contribution is 4.84. The second-order valence-corrected chi connectivity index (χ2v) is 6.32. The summed E-state index contributed by atoms with van der Waals surface area (Å²) < 4.78 is 5.76. The predicted octanol–water partition coefficient (Wildman–Crippen LogP) is 2.02. The van der Waals surface area contributed by atoms with Crippen LogP contribution < -0.4 is 5.32 Å². The number of rotatable bonds is 4. The van der Waals surface area contributed by atoms with Crippen LogP contribution in [0.15, 0.2) is 0 Å². The molecule has 1 aliphatic heterocycles. The molecule has 2 aliphatic rings. The van der Waals surface area contributed by atoms with Crippen LogP contribution in [0.4, 0.5) is 0 Å². The minimum absolute atomic E-state index is 0.0276. The molecular weight excluding hydrogens is 212 g/mol. The van der Waals surface area contributed by atoms with E-state index in [0.29, 0.717) is 6.04 Å². The van der Waals surface area contributed by atoms with Crippen molar-refractivity contribution < 1.29 is 4.74 Å². The van der Waals surface area contributed by atoms with Crippen molar-refractivity contribution in [3.05, 3.63) is 0 Å². The summed E-state index contributed by atoms with van der Waals surface area (Å²) in [6, 6.07) is 1.41. The van der Waals surface area contributed by atoms with Crippen LogP contribution in [-0.2, 0) is 4.74 Å². The van der Waals surface area contributed by atoms with Crippen molar-refractivity contribution in [1.82, 2.24) is 10.2 Å². The van der Waals surface area contributed by atoms with Gasteiger partial charge in [0.05, 0.1) is 12.2 Å². The van der Waals surface area contributed by atoms with Crippen LogP contribution in [-0.4, -0.2) is 48.8 Å². The maximum absolute atomic E-state index is 5.76. The van der Waals surface area contributed by atoms with Crippen LogP contribution in [0, 0.1) is 0 Å². The molecule has 0 amide bonds. The van der Waals surface area contributed by atoms with Gasteiger partial charge >= 0.3 is 0 Å². The van der Waals surface area contributed by atoms with E-state index < -0.39 is 0 Å². The van der Waals surface area contributed by atoms with Crippen LogP contribution in [0.1, 0.15) is 46.5 Å². The molecular formula is C14H28N2O. The van der Waals surface area contributed by atoms with Crippen LogP contribution in [0.5, 0.6) is 0 Å². The highest BCUT2D eigenvalue weighted by Crippen LogP contribution is 2.20. The lowest BCUT2D eigenvalue weighted by Gasteiger charge is -2.41. The Morgan fingerprint density at radius 1 is 1.35 bits per heavy atom. The third kappa shape index (κ3) is 3.94. The fraction of sp³-hybridized carbons (Fsp3) is 1.00. The van der Waals surface area contributed by atoms with Crippen LogP contribution >= 0.6 is 0 Å². The lowest BCUT2D eigenvalue weighted by atomic mass is 10.1. The molecule has 0 aromatic carbocycles. The molecule has 0 radical (unpaired) electrons. The van der Waals surface area contributed by atoms with Gasteiger partial charge in [0.2, 0.25) is 0 Å². The van der Waals surface area contributed by atoms with Crippen LogP contribution in [0.3, 0.4) is 0 Å². The molecule has 1 aliphatic carbocycles. The zero-order chi connectivity index (χ0) is 12.3. The zero-order valence-electron chi connectivity index (χ0n) is 11.7. The highest BCUT2D eigenvalue weighted by Gasteiger charge is 2.29. The van der Waals surface area contributed by atoms with E-state index >= 15 is 0 Å². The first-order valence-corrected chi connectivity index (χ1v) is 7.18. The van der Waals surface area contributed by atoms with Crippen LogP contribution in [0.25, 0.3) is 0 Å². The first kappa shape index (κ1) is 13.3. The van der Waals surface area contributed by atoms with Gasteiger partial charge in [0.15, 0.2) is 0 Å². The van der Waals surface area contributed by atoms with Crippen molar-refractivity contribution in [1.29, 1.82) is 0 Å². The van der Waals surface area contributed by atoms with Crippen molar-refractivity contribution >= 4 is 0 Å². The summed E-state index contributed by atoms with van der Waals surface area (Å²) in [5.74, 6) is 0. The molecule has 0 aromatic rings. The van der Waals surface area contributed by atoms with Gasteiger partial charge in [0.25, 0.3) is 0 Å². The Morgan fingerprint density at radius 3 is 2.71 bits per heavy atom. The Bertz CT molecular complexity index is 236. The second-order valence-electron chi connectivity index (χ2n) is 6.32. The SMILES string of the molecule is CC(CNC1CCCC1)N1CCOC(C)(C)C1. The van der Waals surface area contributed by atoms with Gasteiger partial charge in [-0.15, -0.1) is 0 Å². The van der Waals surface area contributed by atoms with E-state index in [-0.39, 0.29) is 5.60 Å². The molecule has 0 aromatic heterocycles. The Labute approximate surface area is 106 Å². The smallest absolute Gasteiger partial charge is 0.0753 e. The topological polar surface area (TPSA) is 24.5 Å². The lowest BCUT2D eigenvalue weighted by molar-refractivity contribution is -0.0951. The molecule has 3 heteroatoms. The molecule has 2 rings (SSSR count). The number of hydrogen-bond acceptors (Lipinski definition) is 3. The number of nitrogens with one attached hydrogen (secondary N) is 1. The third-order valence-corrected chi connectivity index (χ3v) is 4.14. The van der Waals surface area contributed by atoms with Gasteiger partial charge in [-0.2, -0.15) is 0 Å². The van der Waals surface area contributed by atoms with E-state index in [1.165, 1.54) is 25.7 Å². The van der Waals surface area contributed by atoms with Gasteiger partial charge in [-0.1, -0.05) is 12.8 Å². The molecule has 1 atom stereocenters. The van der Waals surface area contributed by atoms with Crippen molar-refractivity contribution in [2.75, 3.05) is 26.2 Å². The monoisotopic (exact) mass is 240 g/mol. The average Bonchev–Trinajstić information content (AvgIpc) is 2.77. The molecule has 2 fully saturated rings. The maximum Gasteiger partial charge on any atom is 0.0753 e. The molecule has 1 saturated heterocycles. The summed E-state index contributed by atoms with van der Waals surface area (Å²) >= 11 is 0. The van der Waals surface area contributed by atoms with Crippen LogP contribution in [0.2, 0.25) is 0 Å². The van der Waals surface area contributed by atoms with E-state index in [9.17, 15) is 0 Å². The fourth-order valence-electron chi connectivity index (χ4n) is 3.03. The second kappa shape index (κ2) is 5.68. The summed E-state index contributed by atoms with van der Waals surface area (Å²) in [6.45, 7) is 10.9. The molecule has 100 valence electrons. The Morgan fingerprint density at radius 2 is 2.06 bits per heavy atom. The summed E-state index contributed by atoms with van der Waals surface area (Å²) in [4.78, 5) is 2.56. The molecule has 1 unspecified atom stereocenters. The predicted molar refractivity (Wildman–Crippen MR) is 71.3 cm³/mol. The van der Waals surface area contributed by atoms with Gasteiger partial charge in [-0.25, -0.2) is 0 Å². The largest absolute Gasteiger partial charge is 0.373 e. The number of morpholine rings is 1. The minimum atomic E-state index is 0.0276. The molecule has 1 saturated carbocycles. The summed E-state index contributed by atoms with van der Waals surface area (Å²) in [5.41, 5.74) is 0.0276. The standard InChI is InChI=1S/C14H28N2O/c1-12(10-15-13-6-4-5-7-13)16-8-9-17-14(2,3)11-16/h12-13,15H,4-11H2,1-3H3. The zero-order valence-corrected chi connectivity index (χ0v) is 11.7. The Kier molecular flexibility index (Phi) is 4.45. The first-order chi connectivity index (χ1) is 8.07. The quantitative estimate of drug-likeness (QED) is 0.813. The number of ether oxygens (including phenoxy) is 1. The molecule has 1 heterocycles. The summed E-state index contributed by atoms with van der Waals surface area (Å²) in [6.07, 6.45) is 5.58. The highest BCUT2D eigenvalue weighted by atomic mass is 16.5. The van der Waals surface area contributed by atoms with Crippen molar-refractivity contribution in [3.8, 4) is 0 Å². The van der Waals surface area contributed by atoms with Gasteiger partial charge in [-0.3, -0.25) is 4.90 Å². The summed E-state index contributed by atoms with van der Waals surface area (Å²) in [7, 11) is 0. The van der Waals surface area contributed by atoms with Gasteiger partial charge in [0.1, 0.15) is 0 Å². The van der Waals surface area contributed by atoms with Gasteiger partial charge < -0.3 is 10.1 Å². The third-order valence-electron chi connectivity index (χ3n) is 4.14. The molecule has 3 nitrogen and oxygen atoms in total. The molecule has 0 bridgehead atoms. The molecule has 1 N–H and O–H groups in total. The first-order valence-electron chi connectivity index (χ1n) is 7.18.